The third-order valence-electron chi connectivity index (χ3n) is 4.10. The number of carbonyl (C=O) groups excluding carboxylic acids is 2. The second-order valence-electron chi connectivity index (χ2n) is 6.64. The highest BCUT2D eigenvalue weighted by molar-refractivity contribution is 7.22. The molecule has 142 valence electrons. The zero-order valence-electron chi connectivity index (χ0n) is 15.4. The van der Waals surface area contributed by atoms with E-state index >= 15 is 0 Å². The van der Waals surface area contributed by atoms with E-state index in [4.69, 9.17) is 4.52 Å². The van der Waals surface area contributed by atoms with E-state index in [0.29, 0.717) is 22.1 Å². The minimum absolute atomic E-state index is 0.144. The van der Waals surface area contributed by atoms with Crippen LogP contribution < -0.4 is 10.6 Å². The summed E-state index contributed by atoms with van der Waals surface area (Å²) in [6, 6.07) is 7.12. The summed E-state index contributed by atoms with van der Waals surface area (Å²) in [7, 11) is 0. The third-order valence-corrected chi connectivity index (χ3v) is 5.03. The molecule has 2 amide bonds. The van der Waals surface area contributed by atoms with Gasteiger partial charge in [-0.15, -0.1) is 0 Å². The smallest absolute Gasteiger partial charge is 0.259 e. The first kappa shape index (κ1) is 18.1. The van der Waals surface area contributed by atoms with E-state index in [2.05, 4.69) is 25.8 Å². The lowest BCUT2D eigenvalue weighted by molar-refractivity contribution is -0.114. The molecule has 9 heteroatoms. The Morgan fingerprint density at radius 1 is 1.18 bits per heavy atom. The number of carbonyl (C=O) groups is 2. The topological polar surface area (TPSA) is 110 Å². The number of hydrogen-bond acceptors (Lipinski definition) is 7. The van der Waals surface area contributed by atoms with Gasteiger partial charge in [0.25, 0.3) is 11.6 Å². The van der Waals surface area contributed by atoms with Crippen LogP contribution in [0.1, 0.15) is 42.7 Å². The van der Waals surface area contributed by atoms with Gasteiger partial charge < -0.3 is 9.84 Å². The summed E-state index contributed by atoms with van der Waals surface area (Å²) in [6.45, 7) is 5.45. The van der Waals surface area contributed by atoms with E-state index in [0.717, 1.165) is 21.3 Å². The molecule has 0 fully saturated rings. The number of aromatic nitrogens is 3. The molecule has 8 nitrogen and oxygen atoms in total. The van der Waals surface area contributed by atoms with Crippen LogP contribution in [0, 0.1) is 0 Å². The van der Waals surface area contributed by atoms with Crippen LogP contribution in [0.15, 0.2) is 35.0 Å². The van der Waals surface area contributed by atoms with Crippen LogP contribution >= 0.6 is 11.3 Å². The van der Waals surface area contributed by atoms with Crippen molar-refractivity contribution in [1.82, 2.24) is 15.1 Å². The minimum Gasteiger partial charge on any atom is -0.336 e. The molecular weight excluding hydrogens is 378 g/mol. The Hall–Kier alpha value is -3.33. The van der Waals surface area contributed by atoms with Crippen LogP contribution in [0.2, 0.25) is 0 Å². The van der Waals surface area contributed by atoms with Crippen LogP contribution in [0.3, 0.4) is 0 Å². The molecule has 3 heterocycles. The molecule has 0 aliphatic carbocycles. The summed E-state index contributed by atoms with van der Waals surface area (Å²) < 4.78 is 6.07. The highest BCUT2D eigenvalue weighted by atomic mass is 32.1. The van der Waals surface area contributed by atoms with Gasteiger partial charge in [-0.1, -0.05) is 30.3 Å². The molecule has 2 N–H and O–H groups in total. The number of benzene rings is 1. The summed E-state index contributed by atoms with van der Waals surface area (Å²) >= 11 is 1.33. The van der Waals surface area contributed by atoms with Crippen LogP contribution in [-0.2, 0) is 4.79 Å². The Kier molecular flexibility index (Phi) is 4.52. The highest BCUT2D eigenvalue weighted by Crippen LogP contribution is 2.29. The minimum atomic E-state index is -0.313. The van der Waals surface area contributed by atoms with Gasteiger partial charge in [-0.2, -0.15) is 0 Å². The first-order valence-electron chi connectivity index (χ1n) is 8.65. The fourth-order valence-electron chi connectivity index (χ4n) is 2.82. The van der Waals surface area contributed by atoms with Crippen LogP contribution in [0.5, 0.6) is 0 Å². The van der Waals surface area contributed by atoms with Crippen LogP contribution in [-0.4, -0.2) is 26.9 Å². The van der Waals surface area contributed by atoms with Gasteiger partial charge in [-0.25, -0.2) is 9.97 Å². The summed E-state index contributed by atoms with van der Waals surface area (Å²) in [5.41, 5.74) is 3.00. The van der Waals surface area contributed by atoms with Gasteiger partial charge >= 0.3 is 0 Å². The average molecular weight is 395 g/mol. The van der Waals surface area contributed by atoms with Crippen molar-refractivity contribution in [1.29, 1.82) is 0 Å². The van der Waals surface area contributed by atoms with Gasteiger partial charge in [0.2, 0.25) is 5.91 Å². The number of pyridine rings is 1. The number of fused-ring (bicyclic) bond motifs is 2. The SMILES string of the molecule is CC(=O)Nc1ccc2nc(NC(=O)c3cnc4onc(C(C)C)c4c3)sc2c1. The lowest BCUT2D eigenvalue weighted by Crippen LogP contribution is -2.12. The zero-order chi connectivity index (χ0) is 19.8. The van der Waals surface area contributed by atoms with Crippen molar-refractivity contribution in [2.45, 2.75) is 26.7 Å². The molecule has 0 aliphatic rings. The van der Waals surface area contributed by atoms with Crippen LogP contribution in [0.4, 0.5) is 10.8 Å². The Morgan fingerprint density at radius 2 is 2.00 bits per heavy atom. The molecule has 0 unspecified atom stereocenters. The van der Waals surface area contributed by atoms with Gasteiger partial charge in [0.1, 0.15) is 0 Å². The molecule has 28 heavy (non-hydrogen) atoms. The lowest BCUT2D eigenvalue weighted by atomic mass is 10.1. The Labute approximate surface area is 164 Å². The first-order chi connectivity index (χ1) is 13.4. The predicted molar refractivity (Wildman–Crippen MR) is 108 cm³/mol. The standard InChI is InChI=1S/C19H17N5O3S/c1-9(2)16-13-6-11(8-20-18(13)27-24-16)17(26)23-19-22-14-5-4-12(21-10(3)25)7-15(14)28-19/h4-9H,1-3H3,(H,21,25)(H,22,23,26). The second-order valence-corrected chi connectivity index (χ2v) is 7.67. The summed E-state index contributed by atoms with van der Waals surface area (Å²) in [5, 5.41) is 10.8. The largest absolute Gasteiger partial charge is 0.336 e. The van der Waals surface area contributed by atoms with Crippen molar-refractivity contribution in [2.24, 2.45) is 0 Å². The fourth-order valence-corrected chi connectivity index (χ4v) is 3.72. The average Bonchev–Trinajstić information content (AvgIpc) is 3.23. The molecule has 0 saturated carbocycles. The maximum Gasteiger partial charge on any atom is 0.259 e. The number of rotatable bonds is 4. The normalized spacial score (nSPS) is 11.3. The molecule has 0 atom stereocenters. The number of anilines is 2. The molecule has 4 rings (SSSR count). The predicted octanol–water partition coefficient (Wildman–Crippen LogP) is 4.17. The molecule has 1 aromatic carbocycles. The van der Waals surface area contributed by atoms with E-state index in [1.807, 2.05) is 19.9 Å². The Bertz CT molecular complexity index is 1210. The molecule has 3 aromatic heterocycles. The lowest BCUT2D eigenvalue weighted by Gasteiger charge is -2.02. The third kappa shape index (κ3) is 3.44. The summed E-state index contributed by atoms with van der Waals surface area (Å²) in [5.74, 6) is -0.301. The van der Waals surface area contributed by atoms with Crippen molar-refractivity contribution < 1.29 is 14.1 Å². The zero-order valence-corrected chi connectivity index (χ0v) is 16.3. The quantitative estimate of drug-likeness (QED) is 0.537. The van der Waals surface area contributed by atoms with Gasteiger partial charge in [0, 0.05) is 18.8 Å². The summed E-state index contributed by atoms with van der Waals surface area (Å²) in [4.78, 5) is 32.5. The molecule has 0 bridgehead atoms. The number of hydrogen-bond donors (Lipinski definition) is 2. The van der Waals surface area contributed by atoms with E-state index in [9.17, 15) is 9.59 Å². The number of amides is 2. The molecular formula is C19H17N5O3S. The van der Waals surface area contributed by atoms with Gasteiger partial charge in [0.15, 0.2) is 5.13 Å². The van der Waals surface area contributed by atoms with Crippen molar-refractivity contribution in [3.8, 4) is 0 Å². The van der Waals surface area contributed by atoms with E-state index in [1.54, 1.807) is 18.2 Å². The van der Waals surface area contributed by atoms with E-state index in [1.165, 1.54) is 24.5 Å². The Balaban J connectivity index is 1.60. The number of thiazole rings is 1. The number of nitrogens with one attached hydrogen (secondary N) is 2. The molecule has 0 spiro atoms. The molecule has 0 saturated heterocycles. The van der Waals surface area contributed by atoms with E-state index < -0.39 is 0 Å². The summed E-state index contributed by atoms with van der Waals surface area (Å²) in [6.07, 6.45) is 1.45. The van der Waals surface area contributed by atoms with Crippen LogP contribution in [0.25, 0.3) is 21.3 Å². The number of nitrogens with zero attached hydrogens (tertiary/aromatic N) is 3. The molecule has 4 aromatic rings. The maximum absolute atomic E-state index is 12.7. The van der Waals surface area contributed by atoms with Crippen molar-refractivity contribution >= 4 is 55.3 Å². The second kappa shape index (κ2) is 7.01. The van der Waals surface area contributed by atoms with Crippen molar-refractivity contribution in [3.05, 3.63) is 41.7 Å². The fraction of sp³-hybridized carbons (Fsp3) is 0.211. The van der Waals surface area contributed by atoms with Crippen molar-refractivity contribution in [3.63, 3.8) is 0 Å². The van der Waals surface area contributed by atoms with Gasteiger partial charge in [-0.3, -0.25) is 14.9 Å². The van der Waals surface area contributed by atoms with Gasteiger partial charge in [-0.05, 0) is 30.2 Å². The van der Waals surface area contributed by atoms with Gasteiger partial charge in [0.05, 0.1) is 26.9 Å². The maximum atomic E-state index is 12.7. The molecule has 0 aliphatic heterocycles. The first-order valence-corrected chi connectivity index (χ1v) is 9.47. The highest BCUT2D eigenvalue weighted by Gasteiger charge is 2.17. The van der Waals surface area contributed by atoms with E-state index in [-0.39, 0.29) is 17.7 Å². The van der Waals surface area contributed by atoms with Crippen molar-refractivity contribution in [2.75, 3.05) is 10.6 Å². The monoisotopic (exact) mass is 395 g/mol. The Morgan fingerprint density at radius 3 is 2.75 bits per heavy atom. The molecule has 0 radical (unpaired) electrons.